The first-order chi connectivity index (χ1) is 10.4. The number of rotatable bonds is 2. The zero-order valence-corrected chi connectivity index (χ0v) is 14.3. The monoisotopic (exact) mass is 389 g/mol. The number of benzene rings is 1. The maximum absolute atomic E-state index is 12.4. The summed E-state index contributed by atoms with van der Waals surface area (Å²) >= 11 is 0. The molecule has 0 atom stereocenters. The highest BCUT2D eigenvalue weighted by Crippen LogP contribution is 2.26. The van der Waals surface area contributed by atoms with Crippen molar-refractivity contribution in [1.82, 2.24) is 14.8 Å². The van der Waals surface area contributed by atoms with Crippen LogP contribution in [0.25, 0.3) is 5.69 Å². The van der Waals surface area contributed by atoms with E-state index >= 15 is 0 Å². The molecule has 0 aliphatic heterocycles. The quantitative estimate of drug-likeness (QED) is 0.731. The van der Waals surface area contributed by atoms with Crippen molar-refractivity contribution in [3.05, 3.63) is 41.5 Å². The predicted octanol–water partition coefficient (Wildman–Crippen LogP) is 3.87. The summed E-state index contributed by atoms with van der Waals surface area (Å²) in [7, 11) is 4.81. The Balaban J connectivity index is 0.000000463. The molecule has 0 aliphatic rings. The molecular formula is C12H12Cl2F3N3O2S. The van der Waals surface area contributed by atoms with Crippen LogP contribution < -0.4 is 0 Å². The highest BCUT2D eigenvalue weighted by atomic mass is 36.0. The van der Waals surface area contributed by atoms with Crippen LogP contribution in [0.5, 0.6) is 0 Å². The minimum atomic E-state index is -4.51. The number of hydrogen-bond donors (Lipinski definition) is 0. The zero-order valence-electron chi connectivity index (χ0n) is 12.0. The average molecular weight is 390 g/mol. The summed E-state index contributed by atoms with van der Waals surface area (Å²) in [5.74, 6) is -1.12. The van der Waals surface area contributed by atoms with Gasteiger partial charge in [-0.05, 0) is 25.0 Å². The van der Waals surface area contributed by atoms with Gasteiger partial charge in [-0.2, -0.15) is 21.6 Å². The third kappa shape index (κ3) is 6.76. The highest BCUT2D eigenvalue weighted by molar-refractivity contribution is 8.31. The van der Waals surface area contributed by atoms with Gasteiger partial charge in [0.2, 0.25) is 0 Å². The number of halogens is 5. The van der Waals surface area contributed by atoms with Crippen LogP contribution >= 0.6 is 21.4 Å². The fourth-order valence-corrected chi connectivity index (χ4v) is 1.73. The van der Waals surface area contributed by atoms with Crippen molar-refractivity contribution in [3.8, 4) is 5.69 Å². The molecule has 5 nitrogen and oxygen atoms in total. The van der Waals surface area contributed by atoms with Crippen molar-refractivity contribution < 1.29 is 21.6 Å². The van der Waals surface area contributed by atoms with E-state index in [9.17, 15) is 13.2 Å². The molecule has 0 spiro atoms. The first-order valence-electron chi connectivity index (χ1n) is 6.14. The van der Waals surface area contributed by atoms with E-state index in [0.717, 1.165) is 23.9 Å². The number of aromatic nitrogens is 3. The van der Waals surface area contributed by atoms with Crippen LogP contribution in [-0.4, -0.2) is 23.2 Å². The Morgan fingerprint density at radius 1 is 1.26 bits per heavy atom. The molecule has 2 aromatic rings. The first-order valence-corrected chi connectivity index (χ1v) is 9.28. The van der Waals surface area contributed by atoms with Crippen LogP contribution in [0, 0.1) is 6.92 Å². The Morgan fingerprint density at radius 2 is 1.83 bits per heavy atom. The maximum atomic E-state index is 12.4. The molecule has 2 rings (SSSR count). The van der Waals surface area contributed by atoms with Gasteiger partial charge < -0.3 is 0 Å². The minimum Gasteiger partial charge on any atom is -0.220 e. The van der Waals surface area contributed by atoms with Gasteiger partial charge in [0, 0.05) is 21.4 Å². The van der Waals surface area contributed by atoms with Crippen molar-refractivity contribution in [2.75, 3.05) is 0 Å². The molecule has 0 saturated carbocycles. The summed E-state index contributed by atoms with van der Waals surface area (Å²) in [5.41, 5.74) is 2.63. The molecule has 128 valence electrons. The van der Waals surface area contributed by atoms with Gasteiger partial charge in [-0.25, -0.2) is 9.67 Å². The smallest absolute Gasteiger partial charge is 0.220 e. The molecule has 0 fully saturated rings. The summed E-state index contributed by atoms with van der Waals surface area (Å²) in [4.78, 5) is 3.29. The van der Waals surface area contributed by atoms with E-state index in [1.807, 2.05) is 26.0 Å². The van der Waals surface area contributed by atoms with Gasteiger partial charge in [0.15, 0.2) is 0 Å². The summed E-state index contributed by atoms with van der Waals surface area (Å²) in [6.07, 6.45) is -2.70. The molecule has 0 saturated heterocycles. The lowest BCUT2D eigenvalue weighted by atomic mass is 10.1. The topological polar surface area (TPSA) is 64.8 Å². The van der Waals surface area contributed by atoms with Gasteiger partial charge in [0.25, 0.3) is 5.82 Å². The summed E-state index contributed by atoms with van der Waals surface area (Å²) < 4.78 is 56.8. The van der Waals surface area contributed by atoms with E-state index in [2.05, 4.69) is 31.4 Å². The Labute approximate surface area is 140 Å². The number of hydrogen-bond acceptors (Lipinski definition) is 4. The van der Waals surface area contributed by atoms with Crippen LogP contribution in [0.4, 0.5) is 13.2 Å². The molecule has 0 N–H and O–H groups in total. The third-order valence-electron chi connectivity index (χ3n) is 2.61. The molecule has 0 aliphatic carbocycles. The van der Waals surface area contributed by atoms with E-state index in [0.29, 0.717) is 5.69 Å². The van der Waals surface area contributed by atoms with Gasteiger partial charge in [0.05, 0.1) is 5.69 Å². The van der Waals surface area contributed by atoms with Crippen molar-refractivity contribution in [2.24, 2.45) is 0 Å². The fraction of sp³-hybridized carbons (Fsp3) is 0.333. The van der Waals surface area contributed by atoms with E-state index in [4.69, 9.17) is 8.42 Å². The molecule has 0 radical (unpaired) electrons. The summed E-state index contributed by atoms with van der Waals surface area (Å²) in [6, 6.07) is 5.52. The number of alkyl halides is 3. The molecule has 1 aromatic carbocycles. The second kappa shape index (κ2) is 7.50. The van der Waals surface area contributed by atoms with E-state index < -0.39 is 20.3 Å². The molecule has 1 aromatic heterocycles. The molecule has 0 bridgehead atoms. The van der Waals surface area contributed by atoms with Crippen molar-refractivity contribution in [2.45, 2.75) is 26.4 Å². The normalized spacial score (nSPS) is 11.8. The lowest BCUT2D eigenvalue weighted by Crippen LogP contribution is -2.09. The Kier molecular flexibility index (Phi) is 6.43. The maximum Gasteiger partial charge on any atom is 0.453 e. The van der Waals surface area contributed by atoms with Gasteiger partial charge >= 0.3 is 14.4 Å². The van der Waals surface area contributed by atoms with Crippen molar-refractivity contribution in [1.29, 1.82) is 0 Å². The van der Waals surface area contributed by atoms with Gasteiger partial charge in [0.1, 0.15) is 6.33 Å². The van der Waals surface area contributed by atoms with Crippen LogP contribution in [0.15, 0.2) is 24.5 Å². The third-order valence-corrected chi connectivity index (χ3v) is 2.61. The summed E-state index contributed by atoms with van der Waals surface area (Å²) in [5, 5.41) is 3.47. The largest absolute Gasteiger partial charge is 0.453 e. The lowest BCUT2D eigenvalue weighted by molar-refractivity contribution is -0.144. The molecule has 11 heteroatoms. The molecule has 0 unspecified atom stereocenters. The van der Waals surface area contributed by atoms with E-state index in [-0.39, 0.29) is 0 Å². The predicted molar refractivity (Wildman–Crippen MR) is 81.1 cm³/mol. The number of nitrogens with zero attached hydrogens (tertiary/aromatic N) is 3. The zero-order chi connectivity index (χ0) is 17.8. The van der Waals surface area contributed by atoms with Crippen LogP contribution in [0.2, 0.25) is 0 Å². The molecule has 0 amide bonds. The van der Waals surface area contributed by atoms with E-state index in [1.54, 1.807) is 6.07 Å². The van der Waals surface area contributed by atoms with Crippen LogP contribution in [0.3, 0.4) is 0 Å². The lowest BCUT2D eigenvalue weighted by Gasteiger charge is -2.08. The average Bonchev–Trinajstić information content (AvgIpc) is 2.85. The Morgan fingerprint density at radius 3 is 2.26 bits per heavy atom. The summed E-state index contributed by atoms with van der Waals surface area (Å²) in [6.45, 7) is 3.88. The molecule has 23 heavy (non-hydrogen) atoms. The molecular weight excluding hydrogens is 378 g/mol. The first kappa shape index (κ1) is 19.7. The van der Waals surface area contributed by atoms with Crippen molar-refractivity contribution in [3.63, 3.8) is 0 Å². The Bertz CT molecular complexity index is 768. The highest BCUT2D eigenvalue weighted by Gasteiger charge is 2.35. The standard InChI is InChI=1S/C12H12F3N3.Cl2O2S/c1-3-9-6-8(2)4-5-10(9)18-7-16-11(17-18)12(13,14)15;1-5(2,3)4/h4-7H,3H2,1-2H3;. The van der Waals surface area contributed by atoms with Crippen LogP contribution in [0.1, 0.15) is 23.9 Å². The van der Waals surface area contributed by atoms with Gasteiger partial charge in [-0.1, -0.05) is 24.6 Å². The number of aryl methyl sites for hydroxylation is 2. The van der Waals surface area contributed by atoms with E-state index in [1.165, 1.54) is 4.68 Å². The minimum absolute atomic E-state index is 0.631. The SMILES string of the molecule is CCc1cc(C)ccc1-n1cnc(C(F)(F)F)n1.O=S(=O)(Cl)Cl. The Hall–Kier alpha value is -1.32. The second-order valence-electron chi connectivity index (χ2n) is 4.37. The van der Waals surface area contributed by atoms with Gasteiger partial charge in [-0.15, -0.1) is 5.10 Å². The second-order valence-corrected chi connectivity index (χ2v) is 8.04. The van der Waals surface area contributed by atoms with Crippen LogP contribution in [-0.2, 0) is 20.9 Å². The van der Waals surface area contributed by atoms with Crippen molar-refractivity contribution >= 4 is 29.6 Å². The molecule has 1 heterocycles. The van der Waals surface area contributed by atoms with Gasteiger partial charge in [-0.3, -0.25) is 0 Å². The fourth-order valence-electron chi connectivity index (χ4n) is 1.73.